The number of halogens is 1. The van der Waals surface area contributed by atoms with Gasteiger partial charge in [0.05, 0.1) is 18.2 Å². The van der Waals surface area contributed by atoms with E-state index in [1.54, 1.807) is 29.8 Å². The van der Waals surface area contributed by atoms with Gasteiger partial charge in [-0.3, -0.25) is 4.40 Å². The zero-order valence-corrected chi connectivity index (χ0v) is 12.1. The first-order chi connectivity index (χ1) is 9.72. The van der Waals surface area contributed by atoms with Crippen LogP contribution in [-0.4, -0.2) is 21.7 Å². The van der Waals surface area contributed by atoms with Gasteiger partial charge in [0.1, 0.15) is 11.8 Å². The van der Waals surface area contributed by atoms with Crippen molar-refractivity contribution in [3.63, 3.8) is 0 Å². The number of nitrogens with zero attached hydrogens (tertiary/aromatic N) is 4. The Morgan fingerprint density at radius 2 is 2.10 bits per heavy atom. The molecule has 3 rings (SSSR count). The first-order valence-electron chi connectivity index (χ1n) is 5.81. The third kappa shape index (κ3) is 2.02. The highest BCUT2D eigenvalue weighted by Crippen LogP contribution is 2.31. The first kappa shape index (κ1) is 12.6. The summed E-state index contributed by atoms with van der Waals surface area (Å²) in [7, 11) is 1.61. The number of rotatable bonds is 2. The molecule has 0 saturated heterocycles. The van der Waals surface area contributed by atoms with Crippen LogP contribution in [-0.2, 0) is 0 Å². The van der Waals surface area contributed by atoms with Crippen molar-refractivity contribution in [1.82, 2.24) is 14.6 Å². The molecule has 0 radical (unpaired) electrons. The second-order valence-corrected chi connectivity index (χ2v) is 5.04. The van der Waals surface area contributed by atoms with Gasteiger partial charge in [-0.25, -0.2) is 0 Å². The Balaban J connectivity index is 2.27. The molecule has 2 heterocycles. The molecule has 0 bridgehead atoms. The van der Waals surface area contributed by atoms with Gasteiger partial charge in [0.2, 0.25) is 0 Å². The second-order valence-electron chi connectivity index (χ2n) is 4.13. The van der Waals surface area contributed by atoms with Gasteiger partial charge in [-0.05, 0) is 30.3 Å². The fourth-order valence-electron chi connectivity index (χ4n) is 1.99. The Morgan fingerprint density at radius 3 is 2.85 bits per heavy atom. The van der Waals surface area contributed by atoms with E-state index in [-0.39, 0.29) is 0 Å². The smallest absolute Gasteiger partial charge is 0.172 e. The molecule has 0 fully saturated rings. The molecule has 0 N–H and O–H groups in total. The number of hydrogen-bond donors (Lipinski definition) is 0. The zero-order valence-electron chi connectivity index (χ0n) is 10.5. The molecule has 0 spiro atoms. The Bertz CT molecular complexity index is 835. The summed E-state index contributed by atoms with van der Waals surface area (Å²) >= 11 is 3.41. The lowest BCUT2D eigenvalue weighted by Crippen LogP contribution is -1.94. The fraction of sp³-hybridized carbons (Fsp3) is 0.0714. The average molecular weight is 329 g/mol. The molecule has 20 heavy (non-hydrogen) atoms. The molecule has 6 heteroatoms. The highest BCUT2D eigenvalue weighted by Gasteiger charge is 2.13. The lowest BCUT2D eigenvalue weighted by Gasteiger charge is -2.07. The van der Waals surface area contributed by atoms with E-state index in [0.717, 1.165) is 10.0 Å². The second kappa shape index (κ2) is 4.94. The quantitative estimate of drug-likeness (QED) is 0.725. The van der Waals surface area contributed by atoms with Crippen LogP contribution < -0.4 is 4.74 Å². The molecular formula is C14H9BrN4O. The summed E-state index contributed by atoms with van der Waals surface area (Å²) in [6, 6.07) is 11.3. The average Bonchev–Trinajstić information content (AvgIpc) is 2.89. The summed E-state index contributed by atoms with van der Waals surface area (Å²) < 4.78 is 8.08. The lowest BCUT2D eigenvalue weighted by atomic mass is 10.2. The summed E-state index contributed by atoms with van der Waals surface area (Å²) in [5, 5.41) is 17.3. The minimum Gasteiger partial charge on any atom is -0.496 e. The summed E-state index contributed by atoms with van der Waals surface area (Å²) in [5.74, 6) is 1.33. The standard InChI is InChI=1S/C14H9BrN4O/c1-20-12-6-10(15)3-4-11(12)14-18-17-13-5-2-9(7-16)8-19(13)14/h2-6,8H,1H3. The number of ether oxygens (including phenoxy) is 1. The number of aromatic nitrogens is 3. The fourth-order valence-corrected chi connectivity index (χ4v) is 2.33. The third-order valence-electron chi connectivity index (χ3n) is 2.94. The van der Waals surface area contributed by atoms with Crippen LogP contribution in [0, 0.1) is 11.3 Å². The first-order valence-corrected chi connectivity index (χ1v) is 6.61. The Hall–Kier alpha value is -2.39. The van der Waals surface area contributed by atoms with Gasteiger partial charge < -0.3 is 4.74 Å². The van der Waals surface area contributed by atoms with E-state index in [2.05, 4.69) is 32.2 Å². The van der Waals surface area contributed by atoms with Crippen molar-refractivity contribution in [2.45, 2.75) is 0 Å². The van der Waals surface area contributed by atoms with Gasteiger partial charge in [-0.2, -0.15) is 5.26 Å². The van der Waals surface area contributed by atoms with E-state index < -0.39 is 0 Å². The van der Waals surface area contributed by atoms with Crippen LogP contribution in [0.15, 0.2) is 41.0 Å². The van der Waals surface area contributed by atoms with Crippen molar-refractivity contribution in [1.29, 1.82) is 5.26 Å². The molecule has 0 aliphatic rings. The highest BCUT2D eigenvalue weighted by molar-refractivity contribution is 9.10. The minimum atomic E-state index is 0.551. The van der Waals surface area contributed by atoms with Crippen LogP contribution in [0.3, 0.4) is 0 Å². The molecule has 0 atom stereocenters. The number of hydrogen-bond acceptors (Lipinski definition) is 4. The van der Waals surface area contributed by atoms with Gasteiger partial charge in [-0.1, -0.05) is 15.9 Å². The van der Waals surface area contributed by atoms with Crippen molar-refractivity contribution >= 4 is 21.6 Å². The Morgan fingerprint density at radius 1 is 1.25 bits per heavy atom. The number of pyridine rings is 1. The normalized spacial score (nSPS) is 10.4. The molecule has 0 unspecified atom stereocenters. The van der Waals surface area contributed by atoms with Crippen molar-refractivity contribution in [3.05, 3.63) is 46.6 Å². The summed E-state index contributed by atoms with van der Waals surface area (Å²) in [6.45, 7) is 0. The molecular weight excluding hydrogens is 320 g/mol. The number of methoxy groups -OCH3 is 1. The predicted molar refractivity (Wildman–Crippen MR) is 77.4 cm³/mol. The van der Waals surface area contributed by atoms with Crippen molar-refractivity contribution in [3.8, 4) is 23.2 Å². The molecule has 0 aliphatic heterocycles. The summed E-state index contributed by atoms with van der Waals surface area (Å²) in [6.07, 6.45) is 1.71. The minimum absolute atomic E-state index is 0.551. The molecule has 1 aromatic carbocycles. The van der Waals surface area contributed by atoms with Gasteiger partial charge in [0.25, 0.3) is 0 Å². The van der Waals surface area contributed by atoms with Crippen molar-refractivity contribution < 1.29 is 4.74 Å². The van der Waals surface area contributed by atoms with Gasteiger partial charge in [0, 0.05) is 10.7 Å². The predicted octanol–water partition coefficient (Wildman–Crippen LogP) is 3.04. The molecule has 0 amide bonds. The van der Waals surface area contributed by atoms with E-state index in [0.29, 0.717) is 22.8 Å². The Labute approximate surface area is 123 Å². The topological polar surface area (TPSA) is 63.2 Å². The molecule has 98 valence electrons. The molecule has 5 nitrogen and oxygen atoms in total. The lowest BCUT2D eigenvalue weighted by molar-refractivity contribution is 0.416. The van der Waals surface area contributed by atoms with E-state index >= 15 is 0 Å². The maximum atomic E-state index is 9.00. The molecule has 3 aromatic rings. The number of nitriles is 1. The zero-order chi connectivity index (χ0) is 14.1. The van der Waals surface area contributed by atoms with Crippen LogP contribution >= 0.6 is 15.9 Å². The van der Waals surface area contributed by atoms with E-state index in [1.165, 1.54) is 0 Å². The summed E-state index contributed by atoms with van der Waals surface area (Å²) in [5.41, 5.74) is 2.05. The largest absolute Gasteiger partial charge is 0.496 e. The SMILES string of the molecule is COc1cc(Br)ccc1-c1nnc2ccc(C#N)cn12. The highest BCUT2D eigenvalue weighted by atomic mass is 79.9. The van der Waals surface area contributed by atoms with Gasteiger partial charge in [0.15, 0.2) is 11.5 Å². The van der Waals surface area contributed by atoms with Crippen LogP contribution in [0.1, 0.15) is 5.56 Å². The maximum absolute atomic E-state index is 9.00. The van der Waals surface area contributed by atoms with Crippen LogP contribution in [0.4, 0.5) is 0 Å². The number of fused-ring (bicyclic) bond motifs is 1. The summed E-state index contributed by atoms with van der Waals surface area (Å²) in [4.78, 5) is 0. The molecule has 0 saturated carbocycles. The van der Waals surface area contributed by atoms with Gasteiger partial charge >= 0.3 is 0 Å². The van der Waals surface area contributed by atoms with Crippen molar-refractivity contribution in [2.75, 3.05) is 7.11 Å². The maximum Gasteiger partial charge on any atom is 0.172 e. The molecule has 0 aliphatic carbocycles. The van der Waals surface area contributed by atoms with E-state index in [4.69, 9.17) is 10.00 Å². The van der Waals surface area contributed by atoms with E-state index in [9.17, 15) is 0 Å². The Kier molecular flexibility index (Phi) is 3.12. The monoisotopic (exact) mass is 328 g/mol. The van der Waals surface area contributed by atoms with Crippen molar-refractivity contribution in [2.24, 2.45) is 0 Å². The van der Waals surface area contributed by atoms with Crippen LogP contribution in [0.2, 0.25) is 0 Å². The van der Waals surface area contributed by atoms with Gasteiger partial charge in [-0.15, -0.1) is 10.2 Å². The number of benzene rings is 1. The van der Waals surface area contributed by atoms with E-state index in [1.807, 2.05) is 18.2 Å². The molecule has 2 aromatic heterocycles. The van der Waals surface area contributed by atoms with Crippen LogP contribution in [0.5, 0.6) is 5.75 Å². The van der Waals surface area contributed by atoms with Crippen LogP contribution in [0.25, 0.3) is 17.0 Å². The third-order valence-corrected chi connectivity index (χ3v) is 3.43.